The molecule has 4 fully saturated rings. The molecule has 4 amide bonds. The molecule has 0 spiro atoms. The largest absolute Gasteiger partial charge is 0.444 e. The van der Waals surface area contributed by atoms with Crippen LogP contribution in [0.15, 0.2) is 30.4 Å². The number of nitrogens with one attached hydrogen (secondary N) is 3. The number of hydrogen-bond donors (Lipinski definition) is 3. The van der Waals surface area contributed by atoms with Gasteiger partial charge in [-0.2, -0.15) is 0 Å². The topological polar surface area (TPSA) is 157 Å². The summed E-state index contributed by atoms with van der Waals surface area (Å²) < 4.78 is 48.0. The van der Waals surface area contributed by atoms with E-state index in [9.17, 15) is 32.0 Å². The van der Waals surface area contributed by atoms with Crippen LogP contribution in [0.4, 0.5) is 9.18 Å². The zero-order valence-corrected chi connectivity index (χ0v) is 30.1. The monoisotopic (exact) mass is 744 g/mol. The van der Waals surface area contributed by atoms with Gasteiger partial charge in [-0.25, -0.2) is 17.6 Å². The maximum Gasteiger partial charge on any atom is 0.410 e. The van der Waals surface area contributed by atoms with Crippen molar-refractivity contribution in [3.63, 3.8) is 0 Å². The highest BCUT2D eigenvalue weighted by atomic mass is 32.2. The third-order valence-electron chi connectivity index (χ3n) is 11.0. The molecule has 1 aromatic carbocycles. The van der Waals surface area contributed by atoms with Crippen LogP contribution in [0.1, 0.15) is 81.8 Å². The Morgan fingerprint density at radius 1 is 1.02 bits per heavy atom. The molecular weight excluding hydrogens is 700 g/mol. The Bertz CT molecular complexity index is 1730. The number of carbonyl (C=O) groups excluding carboxylic acids is 4. The van der Waals surface area contributed by atoms with E-state index >= 15 is 0 Å². The van der Waals surface area contributed by atoms with Gasteiger partial charge >= 0.3 is 6.09 Å². The van der Waals surface area contributed by atoms with Crippen LogP contribution in [-0.2, 0) is 42.2 Å². The lowest BCUT2D eigenvalue weighted by Crippen LogP contribution is -2.58. The number of ether oxygens (including phenoxy) is 1. The summed E-state index contributed by atoms with van der Waals surface area (Å²) in [4.78, 5) is 60.5. The van der Waals surface area contributed by atoms with E-state index in [2.05, 4.69) is 15.4 Å². The van der Waals surface area contributed by atoms with Gasteiger partial charge in [0.2, 0.25) is 21.8 Å². The van der Waals surface area contributed by atoms with Crippen molar-refractivity contribution >= 4 is 51.2 Å². The van der Waals surface area contributed by atoms with Gasteiger partial charge < -0.3 is 25.2 Å². The number of benzene rings is 1. The van der Waals surface area contributed by atoms with Crippen LogP contribution in [0.5, 0.6) is 0 Å². The van der Waals surface area contributed by atoms with Crippen molar-refractivity contribution in [2.24, 2.45) is 5.92 Å². The Morgan fingerprint density at radius 2 is 1.80 bits per heavy atom. The van der Waals surface area contributed by atoms with Gasteiger partial charge in [0.25, 0.3) is 5.91 Å². The molecule has 51 heavy (non-hydrogen) atoms. The zero-order chi connectivity index (χ0) is 35.9. The number of nitrogens with zero attached hydrogens (tertiary/aromatic N) is 3. The van der Waals surface area contributed by atoms with Gasteiger partial charge in [-0.3, -0.25) is 24.0 Å². The Hall–Kier alpha value is -3.79. The van der Waals surface area contributed by atoms with Gasteiger partial charge in [-0.15, -0.1) is 0 Å². The van der Waals surface area contributed by atoms with Crippen molar-refractivity contribution < 1.29 is 36.7 Å². The molecule has 0 bridgehead atoms. The number of allylic oxidation sites excluding steroid dienone is 1. The number of halogens is 1. The second-order valence-electron chi connectivity index (χ2n) is 14.7. The third kappa shape index (κ3) is 7.57. The molecule has 1 unspecified atom stereocenters. The van der Waals surface area contributed by atoms with Gasteiger partial charge in [-0.05, 0) is 75.2 Å². The first-order valence-electron chi connectivity index (χ1n) is 18.1. The first-order chi connectivity index (χ1) is 24.4. The van der Waals surface area contributed by atoms with E-state index in [0.717, 1.165) is 51.6 Å². The summed E-state index contributed by atoms with van der Waals surface area (Å²) in [6.07, 6.45) is 8.99. The smallest absolute Gasteiger partial charge is 0.410 e. The van der Waals surface area contributed by atoms with E-state index in [0.29, 0.717) is 35.5 Å². The van der Waals surface area contributed by atoms with Crippen LogP contribution in [0, 0.1) is 11.7 Å². The molecular formula is C35H45FN6O7S2. The summed E-state index contributed by atoms with van der Waals surface area (Å²) in [5.41, 5.74) is -0.394. The van der Waals surface area contributed by atoms with Crippen LogP contribution in [0.3, 0.4) is 0 Å². The summed E-state index contributed by atoms with van der Waals surface area (Å²) in [6.45, 7) is 1.71. The van der Waals surface area contributed by atoms with Crippen LogP contribution in [0.25, 0.3) is 0 Å². The van der Waals surface area contributed by atoms with Gasteiger partial charge in [0.1, 0.15) is 29.5 Å². The van der Waals surface area contributed by atoms with Gasteiger partial charge in [0.05, 0.1) is 18.3 Å². The maximum atomic E-state index is 14.5. The molecule has 3 N–H and O–H groups in total. The molecule has 2 saturated carbocycles. The number of hydrogen-bond acceptors (Lipinski definition) is 8. The molecule has 4 heterocycles. The highest BCUT2D eigenvalue weighted by molar-refractivity contribution is 7.91. The minimum Gasteiger partial charge on any atom is -0.444 e. The summed E-state index contributed by atoms with van der Waals surface area (Å²) in [7, 11) is -3.89. The molecule has 0 aromatic heterocycles. The number of thiocarbonyl (C=S) groups is 1. The van der Waals surface area contributed by atoms with Crippen molar-refractivity contribution in [3.8, 4) is 0 Å². The van der Waals surface area contributed by atoms with Crippen LogP contribution < -0.4 is 15.4 Å². The molecule has 16 heteroatoms. The Labute approximate surface area is 302 Å². The van der Waals surface area contributed by atoms with Gasteiger partial charge in [0, 0.05) is 37.5 Å². The van der Waals surface area contributed by atoms with Crippen molar-refractivity contribution in [2.45, 2.75) is 113 Å². The Kier molecular flexibility index (Phi) is 10.00. The number of sulfonamides is 1. The summed E-state index contributed by atoms with van der Waals surface area (Å²) in [6, 6.07) is 2.82. The van der Waals surface area contributed by atoms with Crippen molar-refractivity contribution in [1.82, 2.24) is 30.1 Å². The van der Waals surface area contributed by atoms with Crippen LogP contribution >= 0.6 is 12.2 Å². The van der Waals surface area contributed by atoms with Crippen molar-refractivity contribution in [1.29, 1.82) is 0 Å². The predicted molar refractivity (Wildman–Crippen MR) is 188 cm³/mol. The molecule has 4 aliphatic heterocycles. The maximum absolute atomic E-state index is 14.5. The van der Waals surface area contributed by atoms with Gasteiger partial charge in [-0.1, -0.05) is 37.1 Å². The lowest BCUT2D eigenvalue weighted by atomic mass is 10.0. The average Bonchev–Trinajstić information content (AvgIpc) is 3.85. The van der Waals surface area contributed by atoms with E-state index in [-0.39, 0.29) is 38.4 Å². The van der Waals surface area contributed by atoms with E-state index < -0.39 is 68.6 Å². The normalized spacial score (nSPS) is 29.6. The van der Waals surface area contributed by atoms with Gasteiger partial charge in [0.15, 0.2) is 5.11 Å². The average molecular weight is 745 g/mol. The molecule has 2 aliphatic carbocycles. The Morgan fingerprint density at radius 3 is 2.55 bits per heavy atom. The highest BCUT2D eigenvalue weighted by Gasteiger charge is 2.62. The highest BCUT2D eigenvalue weighted by Crippen LogP contribution is 2.46. The molecule has 13 nitrogen and oxygen atoms in total. The van der Waals surface area contributed by atoms with E-state index in [1.165, 1.54) is 15.9 Å². The second-order valence-corrected chi connectivity index (χ2v) is 17.0. The molecule has 276 valence electrons. The molecule has 7 rings (SSSR count). The number of amides is 4. The predicted octanol–water partition coefficient (Wildman–Crippen LogP) is 2.59. The minimum absolute atomic E-state index is 0.0381. The standard InChI is InChI=1S/C35H45FN6O7S2/c36-27-11-8-9-22-19-41(21-26(22)27)34(46)49-24-17-29-30(43)38-35(32(45)39-51(47,48)25-13-14-25)18-23(35)10-4-2-1-3-5-12-28(31(44)42(29)20-24)37-33(50)40-15-6-7-16-40/h4,8-11,23-25,28-29H,1-3,5-7,12-21H2,(H,37,50)(H,38,43)(H,39,45)/t23-,24?,28+,29+,35-/m1/s1. The van der Waals surface area contributed by atoms with E-state index in [4.69, 9.17) is 17.0 Å². The van der Waals surface area contributed by atoms with Crippen molar-refractivity contribution in [3.05, 3.63) is 47.3 Å². The summed E-state index contributed by atoms with van der Waals surface area (Å²) in [5, 5.41) is 5.97. The molecule has 6 aliphatic rings. The summed E-state index contributed by atoms with van der Waals surface area (Å²) >= 11 is 5.71. The van der Waals surface area contributed by atoms with E-state index in [1.54, 1.807) is 12.1 Å². The fraction of sp³-hybridized carbons (Fsp3) is 0.629. The van der Waals surface area contributed by atoms with E-state index in [1.807, 2.05) is 17.1 Å². The number of rotatable bonds is 5. The van der Waals surface area contributed by atoms with Crippen LogP contribution in [-0.4, -0.2) is 101 Å². The molecule has 0 radical (unpaired) electrons. The first-order valence-corrected chi connectivity index (χ1v) is 20.0. The molecule has 1 aromatic rings. The minimum atomic E-state index is -3.89. The number of fused-ring (bicyclic) bond motifs is 3. The SMILES string of the molecule is O=C1N[C@]2(C(=O)NS(=O)(=O)C3CC3)C[C@H]2C=CCCCCC[C@H](NC(=S)N2CCCC2)C(=O)N2CC(OC(=O)N3Cc4cccc(F)c4C3)C[C@@H]12. The lowest BCUT2D eigenvalue weighted by Gasteiger charge is -2.31. The Balaban J connectivity index is 1.13. The molecule has 5 atom stereocenters. The fourth-order valence-electron chi connectivity index (χ4n) is 7.74. The second kappa shape index (κ2) is 14.3. The lowest BCUT2D eigenvalue weighted by molar-refractivity contribution is -0.141. The number of carbonyl (C=O) groups is 4. The van der Waals surface area contributed by atoms with Crippen molar-refractivity contribution in [2.75, 3.05) is 19.6 Å². The van der Waals surface area contributed by atoms with Crippen LogP contribution in [0.2, 0.25) is 0 Å². The fourth-order valence-corrected chi connectivity index (χ4v) is 9.42. The third-order valence-corrected chi connectivity index (χ3v) is 13.2. The summed E-state index contributed by atoms with van der Waals surface area (Å²) in [5.74, 6) is -2.64. The quantitative estimate of drug-likeness (QED) is 0.303. The number of likely N-dealkylation sites (tertiary alicyclic amines) is 1. The zero-order valence-electron chi connectivity index (χ0n) is 28.5. The molecule has 2 saturated heterocycles. The first kappa shape index (κ1) is 35.6.